The molecule has 0 fully saturated rings. The molecule has 1 aliphatic heterocycles. The molecule has 0 saturated heterocycles. The van der Waals surface area contributed by atoms with Gasteiger partial charge >= 0.3 is 0 Å². The summed E-state index contributed by atoms with van der Waals surface area (Å²) in [5, 5.41) is 6.40. The lowest BCUT2D eigenvalue weighted by molar-refractivity contribution is 0.101. The van der Waals surface area contributed by atoms with Gasteiger partial charge in [-0.3, -0.25) is 4.79 Å². The van der Waals surface area contributed by atoms with Crippen molar-refractivity contribution in [3.63, 3.8) is 0 Å². The highest BCUT2D eigenvalue weighted by atomic mass is 16.1. The number of carbonyl (C=O) groups is 1. The van der Waals surface area contributed by atoms with E-state index in [9.17, 15) is 4.79 Å². The smallest absolute Gasteiger partial charge is 0.159 e. The Morgan fingerprint density at radius 2 is 1.85 bits per heavy atom. The first kappa shape index (κ1) is 15.4. The molecular weight excluding hydrogens is 318 g/mol. The van der Waals surface area contributed by atoms with Gasteiger partial charge in [0.15, 0.2) is 5.78 Å². The summed E-state index contributed by atoms with van der Waals surface area (Å²) >= 11 is 0. The molecule has 3 aromatic carbocycles. The van der Waals surface area contributed by atoms with Crippen molar-refractivity contribution in [1.29, 1.82) is 0 Å². The highest BCUT2D eigenvalue weighted by Crippen LogP contribution is 2.50. The number of ketones is 1. The van der Waals surface area contributed by atoms with Gasteiger partial charge in [0, 0.05) is 17.2 Å². The largest absolute Gasteiger partial charge is 0.378 e. The van der Waals surface area contributed by atoms with E-state index in [1.54, 1.807) is 6.92 Å². The molecule has 5 rings (SSSR count). The molecule has 0 saturated carbocycles. The van der Waals surface area contributed by atoms with Gasteiger partial charge in [0.1, 0.15) is 0 Å². The summed E-state index contributed by atoms with van der Waals surface area (Å²) < 4.78 is 0. The van der Waals surface area contributed by atoms with Gasteiger partial charge in [-0.2, -0.15) is 0 Å². The number of Topliss-reactive ketones (excluding diaryl/α,β-unsaturated/α-hetero) is 1. The first-order valence-corrected chi connectivity index (χ1v) is 9.28. The van der Waals surface area contributed by atoms with Gasteiger partial charge in [-0.15, -0.1) is 0 Å². The van der Waals surface area contributed by atoms with Crippen molar-refractivity contribution >= 4 is 22.2 Å². The van der Waals surface area contributed by atoms with Gasteiger partial charge in [0.05, 0.1) is 6.04 Å². The molecule has 0 radical (unpaired) electrons. The third-order valence-electron chi connectivity index (χ3n) is 5.93. The van der Waals surface area contributed by atoms with Gasteiger partial charge in [0.25, 0.3) is 0 Å². The first-order valence-electron chi connectivity index (χ1n) is 9.28. The summed E-state index contributed by atoms with van der Waals surface area (Å²) in [6.07, 6.45) is 5.69. The molecule has 128 valence electrons. The quantitative estimate of drug-likeness (QED) is 0.467. The van der Waals surface area contributed by atoms with Crippen LogP contribution in [0.1, 0.15) is 46.8 Å². The van der Waals surface area contributed by atoms with Crippen molar-refractivity contribution in [2.24, 2.45) is 5.92 Å². The van der Waals surface area contributed by atoms with Gasteiger partial charge < -0.3 is 5.32 Å². The number of nitrogens with one attached hydrogen (secondary N) is 1. The van der Waals surface area contributed by atoms with E-state index >= 15 is 0 Å². The molecule has 1 aliphatic carbocycles. The molecule has 0 bridgehead atoms. The predicted octanol–water partition coefficient (Wildman–Crippen LogP) is 5.87. The lowest BCUT2D eigenvalue weighted by Crippen LogP contribution is -2.29. The lowest BCUT2D eigenvalue weighted by atomic mass is 9.75. The summed E-state index contributed by atoms with van der Waals surface area (Å²) in [5.74, 6) is 0.979. The Balaban J connectivity index is 1.65. The maximum absolute atomic E-state index is 11.8. The molecule has 2 heteroatoms. The van der Waals surface area contributed by atoms with Crippen molar-refractivity contribution in [3.05, 3.63) is 89.5 Å². The number of hydrogen-bond acceptors (Lipinski definition) is 2. The Kier molecular flexibility index (Phi) is 3.46. The van der Waals surface area contributed by atoms with E-state index in [-0.39, 0.29) is 11.8 Å². The fraction of sp³-hybridized carbons (Fsp3) is 0.208. The standard InChI is InChI=1S/C24H21NO/c1-15(26)17-12-13-23-22(14-17)19-9-5-11-21(19)24(25-23)20-10-4-7-16-6-2-3-8-18(16)20/h2-10,12-14,19,21,24-25H,11H2,1H3/t19-,21+,24+/m1/s1. The summed E-state index contributed by atoms with van der Waals surface area (Å²) in [5.41, 5.74) is 4.57. The summed E-state index contributed by atoms with van der Waals surface area (Å²) in [4.78, 5) is 11.8. The van der Waals surface area contributed by atoms with Crippen LogP contribution in [0.4, 0.5) is 5.69 Å². The van der Waals surface area contributed by atoms with Crippen molar-refractivity contribution in [3.8, 4) is 0 Å². The third-order valence-corrected chi connectivity index (χ3v) is 5.93. The van der Waals surface area contributed by atoms with Crippen LogP contribution in [0.15, 0.2) is 72.8 Å². The number of carbonyl (C=O) groups excluding carboxylic acids is 1. The molecule has 2 aliphatic rings. The van der Waals surface area contributed by atoms with E-state index in [1.165, 1.54) is 21.9 Å². The number of hydrogen-bond donors (Lipinski definition) is 1. The van der Waals surface area contributed by atoms with Gasteiger partial charge in [-0.05, 0) is 59.4 Å². The van der Waals surface area contributed by atoms with Crippen molar-refractivity contribution in [2.75, 3.05) is 5.32 Å². The second kappa shape index (κ2) is 5.84. The SMILES string of the molecule is CC(=O)c1ccc2c(c1)[C@@H]1C=CC[C@@H]1[C@H](c1cccc3ccccc13)N2. The van der Waals surface area contributed by atoms with E-state index in [2.05, 4.69) is 72.1 Å². The van der Waals surface area contributed by atoms with E-state index in [0.29, 0.717) is 11.8 Å². The number of rotatable bonds is 2. The third kappa shape index (κ3) is 2.29. The van der Waals surface area contributed by atoms with Crippen LogP contribution in [-0.4, -0.2) is 5.78 Å². The second-order valence-electron chi connectivity index (χ2n) is 7.40. The van der Waals surface area contributed by atoms with Crippen LogP contribution in [0, 0.1) is 5.92 Å². The molecule has 2 nitrogen and oxygen atoms in total. The van der Waals surface area contributed by atoms with Gasteiger partial charge in [-0.25, -0.2) is 0 Å². The minimum atomic E-state index is 0.127. The molecule has 26 heavy (non-hydrogen) atoms. The van der Waals surface area contributed by atoms with Crippen LogP contribution >= 0.6 is 0 Å². The van der Waals surface area contributed by atoms with Gasteiger partial charge in [-0.1, -0.05) is 54.6 Å². The average Bonchev–Trinajstić information content (AvgIpc) is 3.16. The summed E-state index contributed by atoms with van der Waals surface area (Å²) in [6, 6.07) is 21.6. The van der Waals surface area contributed by atoms with Crippen LogP contribution < -0.4 is 5.32 Å². The maximum Gasteiger partial charge on any atom is 0.159 e. The van der Waals surface area contributed by atoms with Crippen LogP contribution in [0.3, 0.4) is 0 Å². The second-order valence-corrected chi connectivity index (χ2v) is 7.40. The molecule has 1 N–H and O–H groups in total. The zero-order valence-corrected chi connectivity index (χ0v) is 14.8. The zero-order chi connectivity index (χ0) is 17.7. The van der Waals surface area contributed by atoms with Gasteiger partial charge in [0.2, 0.25) is 0 Å². The fourth-order valence-electron chi connectivity index (χ4n) is 4.64. The van der Waals surface area contributed by atoms with Crippen molar-refractivity contribution < 1.29 is 4.79 Å². The normalized spacial score (nSPS) is 23.3. The number of anilines is 1. The molecule has 3 atom stereocenters. The maximum atomic E-state index is 11.8. The predicted molar refractivity (Wildman–Crippen MR) is 107 cm³/mol. The number of benzene rings is 3. The average molecular weight is 339 g/mol. The van der Waals surface area contributed by atoms with E-state index in [0.717, 1.165) is 17.7 Å². The number of allylic oxidation sites excluding steroid dienone is 2. The highest BCUT2D eigenvalue weighted by Gasteiger charge is 2.38. The Morgan fingerprint density at radius 3 is 2.73 bits per heavy atom. The van der Waals surface area contributed by atoms with Crippen molar-refractivity contribution in [1.82, 2.24) is 0 Å². The summed E-state index contributed by atoms with van der Waals surface area (Å²) in [7, 11) is 0. The minimum Gasteiger partial charge on any atom is -0.378 e. The minimum absolute atomic E-state index is 0.127. The Hall–Kier alpha value is -2.87. The van der Waals surface area contributed by atoms with Crippen LogP contribution in [0.25, 0.3) is 10.8 Å². The number of fused-ring (bicyclic) bond motifs is 4. The molecule has 0 aromatic heterocycles. The van der Waals surface area contributed by atoms with E-state index in [1.807, 2.05) is 6.07 Å². The molecule has 0 spiro atoms. The van der Waals surface area contributed by atoms with Crippen LogP contribution in [-0.2, 0) is 0 Å². The molecule has 0 unspecified atom stereocenters. The fourth-order valence-corrected chi connectivity index (χ4v) is 4.64. The Morgan fingerprint density at radius 1 is 1.00 bits per heavy atom. The molecule has 3 aromatic rings. The summed E-state index contributed by atoms with van der Waals surface area (Å²) in [6.45, 7) is 1.64. The Bertz CT molecular complexity index is 1040. The molecule has 1 heterocycles. The van der Waals surface area contributed by atoms with Crippen LogP contribution in [0.2, 0.25) is 0 Å². The molecular formula is C24H21NO. The Labute approximate surface area is 153 Å². The van der Waals surface area contributed by atoms with E-state index < -0.39 is 0 Å². The van der Waals surface area contributed by atoms with Crippen LogP contribution in [0.5, 0.6) is 0 Å². The zero-order valence-electron chi connectivity index (χ0n) is 14.8. The molecule has 0 amide bonds. The highest BCUT2D eigenvalue weighted by molar-refractivity contribution is 5.95. The topological polar surface area (TPSA) is 29.1 Å². The monoisotopic (exact) mass is 339 g/mol. The first-order chi connectivity index (χ1) is 12.7. The van der Waals surface area contributed by atoms with E-state index in [4.69, 9.17) is 0 Å². The lowest BCUT2D eigenvalue weighted by Gasteiger charge is -2.38. The van der Waals surface area contributed by atoms with Crippen molar-refractivity contribution in [2.45, 2.75) is 25.3 Å².